The maximum atomic E-state index is 12.7. The number of carbonyl (C=O) groups excluding carboxylic acids is 1. The number of hydrogen-bond donors (Lipinski definition) is 0. The van der Waals surface area contributed by atoms with Gasteiger partial charge in [0.2, 0.25) is 0 Å². The van der Waals surface area contributed by atoms with Crippen LogP contribution in [0.3, 0.4) is 0 Å². The van der Waals surface area contributed by atoms with Gasteiger partial charge in [-0.1, -0.05) is 6.07 Å². The van der Waals surface area contributed by atoms with Crippen molar-refractivity contribution in [3.63, 3.8) is 0 Å². The van der Waals surface area contributed by atoms with Gasteiger partial charge in [-0.2, -0.15) is 0 Å². The van der Waals surface area contributed by atoms with Crippen LogP contribution in [0.2, 0.25) is 0 Å². The van der Waals surface area contributed by atoms with Gasteiger partial charge in [0, 0.05) is 5.56 Å². The summed E-state index contributed by atoms with van der Waals surface area (Å²) in [5.41, 5.74) is 0.347. The average Bonchev–Trinajstić information content (AvgIpc) is 1.99. The molecule has 58 valence electrons. The van der Waals surface area contributed by atoms with Crippen molar-refractivity contribution in [2.75, 3.05) is 0 Å². The lowest BCUT2D eigenvalue weighted by Crippen LogP contribution is -1.92. The van der Waals surface area contributed by atoms with E-state index in [1.807, 2.05) is 0 Å². The summed E-state index contributed by atoms with van der Waals surface area (Å²) in [4.78, 5) is 9.89. The van der Waals surface area contributed by atoms with Crippen molar-refractivity contribution in [1.82, 2.24) is 0 Å². The molecule has 3 heteroatoms. The van der Waals surface area contributed by atoms with Crippen molar-refractivity contribution in [1.29, 1.82) is 0 Å². The summed E-state index contributed by atoms with van der Waals surface area (Å²) in [6, 6.07) is 4.33. The van der Waals surface area contributed by atoms with Crippen LogP contribution >= 0.6 is 0 Å². The zero-order chi connectivity index (χ0) is 8.27. The Kier molecular flexibility index (Phi) is 2.21. The van der Waals surface area contributed by atoms with Gasteiger partial charge in [-0.05, 0) is 19.1 Å². The number of halogens is 1. The monoisotopic (exact) mass is 154 g/mol. The largest absolute Gasteiger partial charge is 0.428 e. The highest BCUT2D eigenvalue weighted by Crippen LogP contribution is 2.18. The molecule has 0 unspecified atom stereocenters. The minimum absolute atomic E-state index is 0.264. The Hall–Kier alpha value is -1.38. The highest BCUT2D eigenvalue weighted by atomic mass is 19.1. The van der Waals surface area contributed by atoms with E-state index in [9.17, 15) is 9.18 Å². The van der Waals surface area contributed by atoms with Crippen LogP contribution in [0.5, 0.6) is 5.75 Å². The second-order valence-electron chi connectivity index (χ2n) is 2.08. The molecular weight excluding hydrogens is 147 g/mol. The lowest BCUT2D eigenvalue weighted by atomic mass is 10.2. The van der Waals surface area contributed by atoms with Crippen molar-refractivity contribution >= 4 is 6.47 Å². The minimum Gasteiger partial charge on any atom is -0.428 e. The lowest BCUT2D eigenvalue weighted by molar-refractivity contribution is -0.120. The van der Waals surface area contributed by atoms with Gasteiger partial charge in [0.25, 0.3) is 6.47 Å². The van der Waals surface area contributed by atoms with Crippen LogP contribution in [0.4, 0.5) is 4.39 Å². The van der Waals surface area contributed by atoms with Gasteiger partial charge in [-0.25, -0.2) is 4.39 Å². The molecule has 0 heterocycles. The first-order valence-electron chi connectivity index (χ1n) is 3.11. The van der Waals surface area contributed by atoms with E-state index < -0.39 is 0 Å². The maximum Gasteiger partial charge on any atom is 0.298 e. The van der Waals surface area contributed by atoms with Crippen LogP contribution in [0.25, 0.3) is 0 Å². The Bertz CT molecular complexity index is 271. The van der Waals surface area contributed by atoms with E-state index in [1.54, 1.807) is 6.92 Å². The Balaban J connectivity index is 3.05. The van der Waals surface area contributed by atoms with Crippen LogP contribution in [0, 0.1) is 12.7 Å². The Morgan fingerprint density at radius 2 is 2.27 bits per heavy atom. The molecule has 0 saturated heterocycles. The minimum atomic E-state index is -0.371. The third kappa shape index (κ3) is 1.55. The molecule has 0 radical (unpaired) electrons. The van der Waals surface area contributed by atoms with Gasteiger partial charge < -0.3 is 4.74 Å². The molecule has 0 atom stereocenters. The molecule has 0 spiro atoms. The number of ether oxygens (including phenoxy) is 1. The summed E-state index contributed by atoms with van der Waals surface area (Å²) < 4.78 is 17.2. The molecule has 1 aromatic carbocycles. The Morgan fingerprint density at radius 1 is 1.55 bits per heavy atom. The summed E-state index contributed by atoms with van der Waals surface area (Å²) in [7, 11) is 0. The summed E-state index contributed by atoms with van der Waals surface area (Å²) >= 11 is 0. The normalized spacial score (nSPS) is 9.27. The molecule has 0 aliphatic carbocycles. The van der Waals surface area contributed by atoms with E-state index in [2.05, 4.69) is 4.74 Å². The molecule has 0 aliphatic rings. The average molecular weight is 154 g/mol. The van der Waals surface area contributed by atoms with Gasteiger partial charge in [0.15, 0.2) is 0 Å². The highest BCUT2D eigenvalue weighted by molar-refractivity contribution is 5.47. The van der Waals surface area contributed by atoms with E-state index in [4.69, 9.17) is 0 Å². The first kappa shape index (κ1) is 7.72. The third-order valence-corrected chi connectivity index (χ3v) is 1.39. The summed E-state index contributed by atoms with van der Waals surface area (Å²) in [5.74, 6) is -0.107. The quantitative estimate of drug-likeness (QED) is 0.605. The molecule has 2 nitrogen and oxygen atoms in total. The molecule has 1 rings (SSSR count). The van der Waals surface area contributed by atoms with Crippen LogP contribution in [-0.4, -0.2) is 6.47 Å². The predicted octanol–water partition coefficient (Wildman–Crippen LogP) is 1.67. The van der Waals surface area contributed by atoms with Crippen LogP contribution < -0.4 is 4.74 Å². The zero-order valence-corrected chi connectivity index (χ0v) is 6.00. The number of rotatable bonds is 2. The van der Waals surface area contributed by atoms with Crippen molar-refractivity contribution in [3.8, 4) is 5.75 Å². The second-order valence-corrected chi connectivity index (χ2v) is 2.08. The fraction of sp³-hybridized carbons (Fsp3) is 0.125. The Labute approximate surface area is 63.6 Å². The number of carbonyl (C=O) groups is 1. The Morgan fingerprint density at radius 3 is 2.91 bits per heavy atom. The van der Waals surface area contributed by atoms with Crippen molar-refractivity contribution in [3.05, 3.63) is 29.6 Å². The maximum absolute atomic E-state index is 12.7. The molecule has 0 fully saturated rings. The summed E-state index contributed by atoms with van der Waals surface area (Å²) in [6.45, 7) is 1.83. The van der Waals surface area contributed by atoms with Gasteiger partial charge in [-0.15, -0.1) is 0 Å². The van der Waals surface area contributed by atoms with Crippen LogP contribution in [-0.2, 0) is 4.79 Å². The van der Waals surface area contributed by atoms with E-state index in [0.29, 0.717) is 5.56 Å². The molecule has 0 bridgehead atoms. The second kappa shape index (κ2) is 3.14. The van der Waals surface area contributed by atoms with Gasteiger partial charge in [0.05, 0.1) is 0 Å². The predicted molar refractivity (Wildman–Crippen MR) is 37.8 cm³/mol. The SMILES string of the molecule is Cc1c(F)cccc1OC=O. The summed E-state index contributed by atoms with van der Waals surface area (Å²) in [6.07, 6.45) is 0. The molecule has 0 N–H and O–H groups in total. The smallest absolute Gasteiger partial charge is 0.298 e. The van der Waals surface area contributed by atoms with E-state index >= 15 is 0 Å². The molecule has 0 amide bonds. The first-order chi connectivity index (χ1) is 5.25. The zero-order valence-electron chi connectivity index (χ0n) is 6.00. The number of hydrogen-bond acceptors (Lipinski definition) is 2. The number of benzene rings is 1. The van der Waals surface area contributed by atoms with E-state index in [1.165, 1.54) is 18.2 Å². The van der Waals surface area contributed by atoms with E-state index in [0.717, 1.165) is 0 Å². The van der Waals surface area contributed by atoms with Crippen molar-refractivity contribution in [2.45, 2.75) is 6.92 Å². The molecule has 0 aromatic heterocycles. The van der Waals surface area contributed by atoms with Gasteiger partial charge in [0.1, 0.15) is 11.6 Å². The molecule has 11 heavy (non-hydrogen) atoms. The summed E-state index contributed by atoms with van der Waals surface area (Å²) in [5, 5.41) is 0. The van der Waals surface area contributed by atoms with Crippen LogP contribution in [0.1, 0.15) is 5.56 Å². The fourth-order valence-electron chi connectivity index (χ4n) is 0.767. The van der Waals surface area contributed by atoms with Gasteiger partial charge in [-0.3, -0.25) is 4.79 Å². The van der Waals surface area contributed by atoms with Crippen molar-refractivity contribution in [2.24, 2.45) is 0 Å². The highest BCUT2D eigenvalue weighted by Gasteiger charge is 2.02. The molecule has 0 saturated carbocycles. The first-order valence-corrected chi connectivity index (χ1v) is 3.11. The lowest BCUT2D eigenvalue weighted by Gasteiger charge is -2.01. The third-order valence-electron chi connectivity index (χ3n) is 1.39. The van der Waals surface area contributed by atoms with Crippen molar-refractivity contribution < 1.29 is 13.9 Å². The van der Waals surface area contributed by atoms with E-state index in [-0.39, 0.29) is 18.0 Å². The topological polar surface area (TPSA) is 26.3 Å². The fourth-order valence-corrected chi connectivity index (χ4v) is 0.767. The molecule has 1 aromatic rings. The van der Waals surface area contributed by atoms with Gasteiger partial charge >= 0.3 is 0 Å². The molecule has 0 aliphatic heterocycles. The molecular formula is C8H7FO2. The van der Waals surface area contributed by atoms with Crippen LogP contribution in [0.15, 0.2) is 18.2 Å². The standard InChI is InChI=1S/C8H7FO2/c1-6-7(9)3-2-4-8(6)11-5-10/h2-5H,1H3.